The lowest BCUT2D eigenvalue weighted by atomic mass is 10.0. The summed E-state index contributed by atoms with van der Waals surface area (Å²) in [7, 11) is 0. The number of thiol groups is 1. The van der Waals surface area contributed by atoms with Crippen LogP contribution in [0.5, 0.6) is 0 Å². The molecule has 0 spiro atoms. The third kappa shape index (κ3) is 1.73. The van der Waals surface area contributed by atoms with E-state index in [2.05, 4.69) is 12.6 Å². The van der Waals surface area contributed by atoms with E-state index < -0.39 is 29.9 Å². The van der Waals surface area contributed by atoms with Crippen LogP contribution < -0.4 is 0 Å². The highest BCUT2D eigenvalue weighted by Gasteiger charge is 2.41. The first-order chi connectivity index (χ1) is 5.57. The second kappa shape index (κ2) is 3.91. The minimum absolute atomic E-state index is 0.352. The van der Waals surface area contributed by atoms with Gasteiger partial charge >= 0.3 is 0 Å². The Balaban J connectivity index is 2.63. The summed E-state index contributed by atoms with van der Waals surface area (Å²) in [5.41, 5.74) is 0. The van der Waals surface area contributed by atoms with Crippen molar-refractivity contribution in [3.63, 3.8) is 0 Å². The summed E-state index contributed by atoms with van der Waals surface area (Å²) >= 11 is 3.93. The molecule has 0 aromatic heterocycles. The van der Waals surface area contributed by atoms with E-state index in [-0.39, 0.29) is 6.61 Å². The fourth-order valence-electron chi connectivity index (χ4n) is 1.08. The number of hydrogen-bond acceptors (Lipinski definition) is 6. The lowest BCUT2D eigenvalue weighted by Gasteiger charge is -2.37. The van der Waals surface area contributed by atoms with E-state index in [9.17, 15) is 5.11 Å². The molecule has 72 valence electrons. The molecule has 5 atom stereocenters. The molecular formula is C6H12O5S. The first kappa shape index (κ1) is 10.2. The average molecular weight is 196 g/mol. The quantitative estimate of drug-likeness (QED) is 0.305. The minimum atomic E-state index is -1.46. The summed E-state index contributed by atoms with van der Waals surface area (Å²) in [6.45, 7) is -0.352. The Morgan fingerprint density at radius 1 is 1.17 bits per heavy atom. The highest BCUT2D eigenvalue weighted by Crippen LogP contribution is 2.23. The van der Waals surface area contributed by atoms with Gasteiger partial charge in [0.2, 0.25) is 0 Å². The highest BCUT2D eigenvalue weighted by atomic mass is 32.1. The van der Waals surface area contributed by atoms with Gasteiger partial charge < -0.3 is 25.2 Å². The molecule has 0 radical (unpaired) electrons. The molecule has 0 amide bonds. The Labute approximate surface area is 75.0 Å². The Hall–Kier alpha value is 0.150. The zero-order valence-electron chi connectivity index (χ0n) is 6.24. The van der Waals surface area contributed by atoms with Gasteiger partial charge in [-0.1, -0.05) is 0 Å². The summed E-state index contributed by atoms with van der Waals surface area (Å²) in [6.07, 6.45) is -4.76. The van der Waals surface area contributed by atoms with E-state index in [4.69, 9.17) is 20.1 Å². The van der Waals surface area contributed by atoms with Crippen LogP contribution in [0.25, 0.3) is 0 Å². The van der Waals surface area contributed by atoms with Crippen molar-refractivity contribution in [1.29, 1.82) is 0 Å². The summed E-state index contributed by atoms with van der Waals surface area (Å²) in [5, 5.41) is 35.3. The first-order valence-corrected chi connectivity index (χ1v) is 4.08. The molecule has 0 aromatic rings. The van der Waals surface area contributed by atoms with Gasteiger partial charge in [-0.15, -0.1) is 0 Å². The maximum atomic E-state index is 9.24. The molecule has 1 aliphatic heterocycles. The first-order valence-electron chi connectivity index (χ1n) is 3.56. The van der Waals surface area contributed by atoms with Gasteiger partial charge in [-0.05, 0) is 0 Å². The third-order valence-electron chi connectivity index (χ3n) is 1.87. The van der Waals surface area contributed by atoms with Gasteiger partial charge in [-0.2, -0.15) is 12.6 Å². The van der Waals surface area contributed by atoms with Gasteiger partial charge in [-0.25, -0.2) is 0 Å². The zero-order chi connectivity index (χ0) is 9.30. The number of aliphatic hydroxyl groups is 4. The van der Waals surface area contributed by atoms with Crippen LogP contribution in [0.4, 0.5) is 0 Å². The van der Waals surface area contributed by atoms with Crippen LogP contribution >= 0.6 is 12.6 Å². The summed E-state index contributed by atoms with van der Waals surface area (Å²) in [4.78, 5) is 0. The Morgan fingerprint density at radius 2 is 1.75 bits per heavy atom. The molecule has 0 saturated carbocycles. The predicted octanol–water partition coefficient (Wildman–Crippen LogP) is -2.28. The molecule has 1 fully saturated rings. The van der Waals surface area contributed by atoms with Gasteiger partial charge in [0.15, 0.2) is 6.29 Å². The smallest absolute Gasteiger partial charge is 0.183 e. The number of aliphatic hydroxyl groups excluding tert-OH is 4. The van der Waals surface area contributed by atoms with Gasteiger partial charge in [0.25, 0.3) is 0 Å². The Morgan fingerprint density at radius 3 is 2.25 bits per heavy atom. The van der Waals surface area contributed by atoms with Crippen molar-refractivity contribution in [3.8, 4) is 0 Å². The molecule has 0 aliphatic carbocycles. The van der Waals surface area contributed by atoms with E-state index in [0.29, 0.717) is 0 Å². The zero-order valence-corrected chi connectivity index (χ0v) is 7.13. The van der Waals surface area contributed by atoms with Gasteiger partial charge in [0, 0.05) is 0 Å². The van der Waals surface area contributed by atoms with Crippen molar-refractivity contribution in [2.24, 2.45) is 0 Å². The second-order valence-electron chi connectivity index (χ2n) is 2.72. The number of rotatable bonds is 1. The molecule has 5 nitrogen and oxygen atoms in total. The van der Waals surface area contributed by atoms with Crippen LogP contribution in [0.2, 0.25) is 0 Å². The fraction of sp³-hybridized carbons (Fsp3) is 1.00. The molecule has 12 heavy (non-hydrogen) atoms. The van der Waals surface area contributed by atoms with Crippen LogP contribution in [-0.2, 0) is 4.74 Å². The van der Waals surface area contributed by atoms with Crippen molar-refractivity contribution < 1.29 is 25.2 Å². The van der Waals surface area contributed by atoms with Gasteiger partial charge in [0.05, 0.1) is 24.1 Å². The Bertz CT molecular complexity index is 150. The molecule has 0 bridgehead atoms. The van der Waals surface area contributed by atoms with Crippen LogP contribution in [-0.4, -0.2) is 56.9 Å². The predicted molar refractivity (Wildman–Crippen MR) is 42.8 cm³/mol. The molecule has 4 N–H and O–H groups in total. The monoisotopic (exact) mass is 196 g/mol. The molecule has 1 saturated heterocycles. The van der Waals surface area contributed by atoms with E-state index in [1.165, 1.54) is 0 Å². The van der Waals surface area contributed by atoms with Crippen LogP contribution in [0.1, 0.15) is 0 Å². The lowest BCUT2D eigenvalue weighted by molar-refractivity contribution is -0.248. The van der Waals surface area contributed by atoms with Crippen LogP contribution in [0.15, 0.2) is 0 Å². The van der Waals surface area contributed by atoms with E-state index in [0.717, 1.165) is 0 Å². The average Bonchev–Trinajstić information content (AvgIpc) is 2.08. The summed E-state index contributed by atoms with van der Waals surface area (Å²) in [6, 6.07) is 0. The molecule has 0 aromatic carbocycles. The molecule has 6 heteroatoms. The van der Waals surface area contributed by atoms with Crippen molar-refractivity contribution in [2.45, 2.75) is 29.9 Å². The molecule has 0 unspecified atom stereocenters. The number of ether oxygens (including phenoxy) is 1. The van der Waals surface area contributed by atoms with E-state index in [1.54, 1.807) is 0 Å². The van der Waals surface area contributed by atoms with Crippen molar-refractivity contribution in [3.05, 3.63) is 0 Å². The van der Waals surface area contributed by atoms with Gasteiger partial charge in [0.1, 0.15) is 6.10 Å². The number of hydrogen-bond donors (Lipinski definition) is 5. The Kier molecular flexibility index (Phi) is 3.33. The lowest BCUT2D eigenvalue weighted by Crippen LogP contribution is -2.56. The van der Waals surface area contributed by atoms with E-state index in [1.807, 2.05) is 0 Å². The maximum Gasteiger partial charge on any atom is 0.183 e. The van der Waals surface area contributed by atoms with Crippen molar-refractivity contribution >= 4 is 12.6 Å². The minimum Gasteiger partial charge on any atom is -0.394 e. The van der Waals surface area contributed by atoms with Crippen LogP contribution in [0, 0.1) is 0 Å². The topological polar surface area (TPSA) is 90.2 Å². The molecule has 1 rings (SSSR count). The van der Waals surface area contributed by atoms with Crippen LogP contribution in [0.3, 0.4) is 0 Å². The van der Waals surface area contributed by atoms with Crippen molar-refractivity contribution in [2.75, 3.05) is 6.61 Å². The molecule has 1 aliphatic rings. The molecular weight excluding hydrogens is 184 g/mol. The fourth-order valence-corrected chi connectivity index (χ4v) is 1.42. The second-order valence-corrected chi connectivity index (χ2v) is 3.32. The highest BCUT2D eigenvalue weighted by molar-refractivity contribution is 7.81. The standard InChI is InChI=1S/C6H12O5S/c7-1-2-5(12)3(8)4(9)6(10)11-2/h2-10,12H,1H2/t2-,3-,4+,5+,6-/m1/s1. The third-order valence-corrected chi connectivity index (χ3v) is 2.51. The summed E-state index contributed by atoms with van der Waals surface area (Å²) < 4.78 is 4.75. The normalized spacial score (nSPS) is 49.2. The van der Waals surface area contributed by atoms with Gasteiger partial charge in [-0.3, -0.25) is 0 Å². The molecule has 1 heterocycles. The maximum absolute atomic E-state index is 9.24. The van der Waals surface area contributed by atoms with E-state index >= 15 is 0 Å². The largest absolute Gasteiger partial charge is 0.394 e. The summed E-state index contributed by atoms with van der Waals surface area (Å²) in [5.74, 6) is 0. The van der Waals surface area contributed by atoms with Crippen molar-refractivity contribution in [1.82, 2.24) is 0 Å². The SMILES string of the molecule is OC[C@H]1O[C@@H](O)[C@@H](O)[C@@H](O)[C@H]1S.